The highest BCUT2D eigenvalue weighted by Gasteiger charge is 2.35. The number of aliphatic imine (C=N–C) groups is 1. The second-order valence-corrected chi connectivity index (χ2v) is 4.72. The minimum Gasteiger partial charge on any atom is -0.504 e. The molecule has 1 aliphatic rings. The number of hydrogen-bond donors (Lipinski definition) is 1. The Kier molecular flexibility index (Phi) is 3.39. The number of aliphatic hydroxyl groups is 1. The largest absolute Gasteiger partial charge is 0.504 e. The van der Waals surface area contributed by atoms with E-state index in [1.807, 2.05) is 6.07 Å². The maximum absolute atomic E-state index is 12.6. The summed E-state index contributed by atoms with van der Waals surface area (Å²) in [5.74, 6) is -1.71. The number of rotatable bonds is 2. The van der Waals surface area contributed by atoms with E-state index < -0.39 is 17.3 Å². The maximum atomic E-state index is 12.6. The molecule has 0 amide bonds. The van der Waals surface area contributed by atoms with E-state index in [9.17, 15) is 14.7 Å². The third-order valence-corrected chi connectivity index (χ3v) is 3.45. The van der Waals surface area contributed by atoms with E-state index in [0.29, 0.717) is 5.56 Å². The average Bonchev–Trinajstić information content (AvgIpc) is 2.57. The first-order valence-electron chi connectivity index (χ1n) is 6.65. The number of aromatic nitrogens is 1. The quantitative estimate of drug-likeness (QED) is 0.862. The van der Waals surface area contributed by atoms with Gasteiger partial charge in [0.2, 0.25) is 11.6 Å². The van der Waals surface area contributed by atoms with Gasteiger partial charge >= 0.3 is 0 Å². The van der Waals surface area contributed by atoms with Crippen LogP contribution in [0.4, 0.5) is 0 Å². The predicted molar refractivity (Wildman–Crippen MR) is 81.5 cm³/mol. The molecule has 1 aromatic heterocycles. The van der Waals surface area contributed by atoms with Crippen LogP contribution in [0, 0.1) is 0 Å². The van der Waals surface area contributed by atoms with Gasteiger partial charge in [0.15, 0.2) is 5.76 Å². The zero-order valence-corrected chi connectivity index (χ0v) is 11.8. The summed E-state index contributed by atoms with van der Waals surface area (Å²) < 4.78 is 0. The Morgan fingerprint density at radius 1 is 1.05 bits per heavy atom. The molecule has 1 aromatic carbocycles. The highest BCUT2D eigenvalue weighted by Crippen LogP contribution is 2.26. The molecule has 0 bridgehead atoms. The lowest BCUT2D eigenvalue weighted by Crippen LogP contribution is -2.28. The van der Waals surface area contributed by atoms with Crippen molar-refractivity contribution in [3.05, 3.63) is 76.8 Å². The van der Waals surface area contributed by atoms with Crippen LogP contribution >= 0.6 is 0 Å². The molecule has 0 fully saturated rings. The number of carbonyl (C=O) groups is 2. The van der Waals surface area contributed by atoms with Gasteiger partial charge in [-0.25, -0.2) is 0 Å². The van der Waals surface area contributed by atoms with E-state index in [1.165, 1.54) is 19.3 Å². The van der Waals surface area contributed by atoms with Gasteiger partial charge in [0.05, 0.1) is 16.8 Å². The van der Waals surface area contributed by atoms with E-state index in [1.54, 1.807) is 30.3 Å². The van der Waals surface area contributed by atoms with Crippen molar-refractivity contribution in [2.24, 2.45) is 4.99 Å². The molecular formula is C17H12N2O3. The monoisotopic (exact) mass is 292 g/mol. The van der Waals surface area contributed by atoms with Crippen LogP contribution in [0.2, 0.25) is 0 Å². The van der Waals surface area contributed by atoms with Gasteiger partial charge in [-0.3, -0.25) is 19.6 Å². The summed E-state index contributed by atoms with van der Waals surface area (Å²) in [5, 5.41) is 10.2. The molecule has 0 unspecified atom stereocenters. The number of ketones is 2. The fraction of sp³-hybridized carbons (Fsp3) is 0.0588. The number of carbonyl (C=O) groups excluding carboxylic acids is 2. The van der Waals surface area contributed by atoms with Gasteiger partial charge in [-0.2, -0.15) is 0 Å². The summed E-state index contributed by atoms with van der Waals surface area (Å²) in [6.07, 6.45) is 1.44. The maximum Gasteiger partial charge on any atom is 0.230 e. The van der Waals surface area contributed by atoms with Crippen molar-refractivity contribution in [1.82, 2.24) is 4.98 Å². The summed E-state index contributed by atoms with van der Waals surface area (Å²) in [7, 11) is 1.51. The molecule has 0 saturated carbocycles. The molecular weight excluding hydrogens is 280 g/mol. The molecule has 0 saturated heterocycles. The third kappa shape index (κ3) is 2.03. The zero-order valence-electron chi connectivity index (χ0n) is 11.8. The molecule has 2 aromatic rings. The van der Waals surface area contributed by atoms with Crippen molar-refractivity contribution in [1.29, 1.82) is 0 Å². The Hall–Kier alpha value is -3.08. The molecule has 22 heavy (non-hydrogen) atoms. The summed E-state index contributed by atoms with van der Waals surface area (Å²) in [5.41, 5.74) is 0.958. The van der Waals surface area contributed by atoms with Crippen molar-refractivity contribution in [3.8, 4) is 0 Å². The topological polar surface area (TPSA) is 79.6 Å². The van der Waals surface area contributed by atoms with Gasteiger partial charge in [-0.05, 0) is 12.1 Å². The molecule has 3 rings (SSSR count). The molecule has 5 nitrogen and oxygen atoms in total. The lowest BCUT2D eigenvalue weighted by atomic mass is 9.87. The van der Waals surface area contributed by atoms with Gasteiger partial charge in [0.1, 0.15) is 5.69 Å². The molecule has 1 aliphatic carbocycles. The van der Waals surface area contributed by atoms with Crippen molar-refractivity contribution in [2.75, 3.05) is 7.05 Å². The fourth-order valence-corrected chi connectivity index (χ4v) is 2.44. The minimum absolute atomic E-state index is 0.0392. The van der Waals surface area contributed by atoms with Gasteiger partial charge < -0.3 is 5.11 Å². The van der Waals surface area contributed by atoms with E-state index in [2.05, 4.69) is 9.98 Å². The normalized spacial score (nSPS) is 15.0. The van der Waals surface area contributed by atoms with Crippen LogP contribution in [0.25, 0.3) is 0 Å². The second-order valence-electron chi connectivity index (χ2n) is 4.72. The van der Waals surface area contributed by atoms with Crippen LogP contribution in [-0.4, -0.2) is 34.4 Å². The first-order chi connectivity index (χ1) is 10.6. The number of pyridine rings is 1. The number of hydrogen-bond acceptors (Lipinski definition) is 5. The highest BCUT2D eigenvalue weighted by molar-refractivity contribution is 6.39. The first-order valence-corrected chi connectivity index (χ1v) is 6.65. The first kappa shape index (κ1) is 13.9. The number of benzene rings is 1. The van der Waals surface area contributed by atoms with E-state index >= 15 is 0 Å². The Morgan fingerprint density at radius 2 is 1.77 bits per heavy atom. The van der Waals surface area contributed by atoms with Crippen molar-refractivity contribution < 1.29 is 14.7 Å². The molecule has 0 aliphatic heterocycles. The number of nitrogens with zero attached hydrogens (tertiary/aromatic N) is 2. The van der Waals surface area contributed by atoms with E-state index in [-0.39, 0.29) is 22.5 Å². The summed E-state index contributed by atoms with van der Waals surface area (Å²) in [4.78, 5) is 33.0. The number of aliphatic hydroxyl groups excluding tert-OH is 1. The number of Topliss-reactive ketones (excluding diaryl/α,β-unsaturated/α-hetero) is 2. The van der Waals surface area contributed by atoms with Gasteiger partial charge in [-0.1, -0.05) is 30.3 Å². The fourth-order valence-electron chi connectivity index (χ4n) is 2.44. The van der Waals surface area contributed by atoms with E-state index in [4.69, 9.17) is 0 Å². The summed E-state index contributed by atoms with van der Waals surface area (Å²) >= 11 is 0. The predicted octanol–water partition coefficient (Wildman–Crippen LogP) is 2.39. The standard InChI is InChI=1S/C17H12N2O3/c1-18-13(10-6-3-2-4-7-10)12-16(21)14-11(8-5-9-19-14)15(20)17(12)22/h2-9,22H,1H3. The molecule has 5 heteroatoms. The molecule has 1 heterocycles. The molecule has 108 valence electrons. The zero-order chi connectivity index (χ0) is 15.7. The van der Waals surface area contributed by atoms with Crippen LogP contribution in [0.15, 0.2) is 65.0 Å². The van der Waals surface area contributed by atoms with Crippen LogP contribution in [0.5, 0.6) is 0 Å². The van der Waals surface area contributed by atoms with Crippen molar-refractivity contribution in [2.45, 2.75) is 0 Å². The molecule has 0 spiro atoms. The van der Waals surface area contributed by atoms with Gasteiger partial charge in [0, 0.05) is 18.8 Å². The second kappa shape index (κ2) is 5.37. The Bertz CT molecular complexity index is 836. The Labute approximate surface area is 126 Å². The van der Waals surface area contributed by atoms with Crippen LogP contribution in [-0.2, 0) is 0 Å². The summed E-state index contributed by atoms with van der Waals surface area (Å²) in [6, 6.07) is 12.0. The number of allylic oxidation sites excluding steroid dienone is 2. The smallest absolute Gasteiger partial charge is 0.230 e. The molecule has 0 radical (unpaired) electrons. The highest BCUT2D eigenvalue weighted by atomic mass is 16.3. The Morgan fingerprint density at radius 3 is 2.45 bits per heavy atom. The third-order valence-electron chi connectivity index (χ3n) is 3.45. The SMILES string of the molecule is CN=C(C1=C(O)C(=O)c2cccnc2C1=O)c1ccccc1. The van der Waals surface area contributed by atoms with E-state index in [0.717, 1.165) is 0 Å². The average molecular weight is 292 g/mol. The van der Waals surface area contributed by atoms with Crippen molar-refractivity contribution in [3.63, 3.8) is 0 Å². The Balaban J connectivity index is 2.21. The van der Waals surface area contributed by atoms with Gasteiger partial charge in [-0.15, -0.1) is 0 Å². The number of fused-ring (bicyclic) bond motifs is 1. The van der Waals surface area contributed by atoms with Crippen LogP contribution in [0.3, 0.4) is 0 Å². The minimum atomic E-state index is -0.616. The molecule has 1 N–H and O–H groups in total. The van der Waals surface area contributed by atoms with Gasteiger partial charge in [0.25, 0.3) is 0 Å². The van der Waals surface area contributed by atoms with Crippen LogP contribution < -0.4 is 0 Å². The van der Waals surface area contributed by atoms with Crippen molar-refractivity contribution >= 4 is 17.3 Å². The molecule has 0 atom stereocenters. The summed E-state index contributed by atoms with van der Waals surface area (Å²) in [6.45, 7) is 0. The lowest BCUT2D eigenvalue weighted by molar-refractivity contribution is 0.0931. The van der Waals surface area contributed by atoms with Crippen LogP contribution in [0.1, 0.15) is 26.4 Å². The lowest BCUT2D eigenvalue weighted by Gasteiger charge is -2.18.